The predicted molar refractivity (Wildman–Crippen MR) is 48.7 cm³/mol. The van der Waals surface area contributed by atoms with Crippen LogP contribution >= 0.6 is 0 Å². The van der Waals surface area contributed by atoms with Crippen molar-refractivity contribution in [3.63, 3.8) is 0 Å². The molecule has 0 heterocycles. The van der Waals surface area contributed by atoms with E-state index in [-0.39, 0.29) is 0 Å². The maximum absolute atomic E-state index is 9.45. The average molecular weight is 159 g/mol. The molecule has 68 valence electrons. The van der Waals surface area contributed by atoms with Crippen LogP contribution in [0.5, 0.6) is 0 Å². The number of rotatable bonds is 5. The second-order valence-corrected chi connectivity index (χ2v) is 3.90. The molecule has 0 aliphatic heterocycles. The molecule has 0 unspecified atom stereocenters. The molecule has 11 heavy (non-hydrogen) atoms. The second-order valence-electron chi connectivity index (χ2n) is 3.90. The van der Waals surface area contributed by atoms with Crippen molar-refractivity contribution in [3.8, 4) is 0 Å². The van der Waals surface area contributed by atoms with Crippen molar-refractivity contribution in [1.29, 1.82) is 0 Å². The summed E-state index contributed by atoms with van der Waals surface area (Å²) >= 11 is 0. The highest BCUT2D eigenvalue weighted by molar-refractivity contribution is 4.69. The van der Waals surface area contributed by atoms with E-state index in [0.717, 1.165) is 13.1 Å². The minimum Gasteiger partial charge on any atom is -0.389 e. The van der Waals surface area contributed by atoms with Crippen LogP contribution in [-0.4, -0.2) is 35.7 Å². The van der Waals surface area contributed by atoms with Crippen molar-refractivity contribution in [2.45, 2.75) is 39.2 Å². The van der Waals surface area contributed by atoms with E-state index >= 15 is 0 Å². The van der Waals surface area contributed by atoms with Crippen molar-refractivity contribution >= 4 is 0 Å². The van der Waals surface area contributed by atoms with Gasteiger partial charge in [0.15, 0.2) is 0 Å². The van der Waals surface area contributed by atoms with Crippen LogP contribution in [0.4, 0.5) is 0 Å². The molecular weight excluding hydrogens is 138 g/mol. The molecule has 0 bridgehead atoms. The Morgan fingerprint density at radius 3 is 2.27 bits per heavy atom. The van der Waals surface area contributed by atoms with Crippen LogP contribution in [0.25, 0.3) is 0 Å². The second kappa shape index (κ2) is 4.73. The van der Waals surface area contributed by atoms with Crippen molar-refractivity contribution in [2.75, 3.05) is 20.1 Å². The third-order valence-corrected chi connectivity index (χ3v) is 1.55. The minimum absolute atomic E-state index is 0.553. The molecule has 0 fully saturated rings. The molecule has 1 N–H and O–H groups in total. The molecule has 0 amide bonds. The molecule has 0 aromatic heterocycles. The van der Waals surface area contributed by atoms with Gasteiger partial charge < -0.3 is 10.0 Å². The van der Waals surface area contributed by atoms with Crippen LogP contribution < -0.4 is 0 Å². The molecule has 0 atom stereocenters. The maximum atomic E-state index is 9.45. The molecule has 0 radical (unpaired) electrons. The van der Waals surface area contributed by atoms with Gasteiger partial charge in [-0.25, -0.2) is 0 Å². The number of likely N-dealkylation sites (N-methyl/N-ethyl adjacent to an activating group) is 1. The summed E-state index contributed by atoms with van der Waals surface area (Å²) in [4.78, 5) is 2.17. The monoisotopic (exact) mass is 159 g/mol. The van der Waals surface area contributed by atoms with Crippen LogP contribution in [0.1, 0.15) is 33.6 Å². The highest BCUT2D eigenvalue weighted by Crippen LogP contribution is 2.03. The van der Waals surface area contributed by atoms with Crippen LogP contribution in [0.2, 0.25) is 0 Å². The van der Waals surface area contributed by atoms with Gasteiger partial charge >= 0.3 is 0 Å². The summed E-state index contributed by atoms with van der Waals surface area (Å²) in [5.74, 6) is 0. The zero-order valence-corrected chi connectivity index (χ0v) is 8.22. The van der Waals surface area contributed by atoms with E-state index in [0.29, 0.717) is 0 Å². The van der Waals surface area contributed by atoms with Gasteiger partial charge in [0.25, 0.3) is 0 Å². The number of hydrogen-bond acceptors (Lipinski definition) is 2. The Bertz CT molecular complexity index is 96.2. The third-order valence-electron chi connectivity index (χ3n) is 1.55. The van der Waals surface area contributed by atoms with Gasteiger partial charge in [0.05, 0.1) is 5.60 Å². The van der Waals surface area contributed by atoms with E-state index < -0.39 is 5.60 Å². The molecule has 0 spiro atoms. The van der Waals surface area contributed by atoms with Gasteiger partial charge in [-0.05, 0) is 33.9 Å². The Balaban J connectivity index is 3.44. The number of nitrogens with zero attached hydrogens (tertiary/aromatic N) is 1. The first-order valence-corrected chi connectivity index (χ1v) is 4.36. The van der Waals surface area contributed by atoms with Gasteiger partial charge in [-0.2, -0.15) is 0 Å². The number of aliphatic hydroxyl groups is 1. The molecule has 0 saturated heterocycles. The van der Waals surface area contributed by atoms with Crippen LogP contribution in [0.3, 0.4) is 0 Å². The summed E-state index contributed by atoms with van der Waals surface area (Å²) in [6.45, 7) is 7.70. The lowest BCUT2D eigenvalue weighted by atomic mass is 10.1. The third kappa shape index (κ3) is 7.82. The molecule has 0 aliphatic rings. The highest BCUT2D eigenvalue weighted by atomic mass is 16.3. The molecule has 0 aliphatic carbocycles. The summed E-state index contributed by atoms with van der Waals surface area (Å²) in [5.41, 5.74) is -0.553. The van der Waals surface area contributed by atoms with Crippen molar-refractivity contribution < 1.29 is 5.11 Å². The van der Waals surface area contributed by atoms with E-state index in [1.165, 1.54) is 12.8 Å². The average Bonchev–Trinajstić information content (AvgIpc) is 1.79. The molecule has 0 saturated carbocycles. The first-order valence-electron chi connectivity index (χ1n) is 4.36. The quantitative estimate of drug-likeness (QED) is 0.657. The lowest BCUT2D eigenvalue weighted by molar-refractivity contribution is 0.0443. The van der Waals surface area contributed by atoms with Gasteiger partial charge in [-0.1, -0.05) is 13.3 Å². The van der Waals surface area contributed by atoms with Crippen LogP contribution in [0, 0.1) is 0 Å². The normalized spacial score (nSPS) is 12.5. The SMILES string of the molecule is CCCCN(C)CC(C)(C)O. The molecule has 0 aromatic carbocycles. The van der Waals surface area contributed by atoms with Crippen molar-refractivity contribution in [2.24, 2.45) is 0 Å². The first-order chi connectivity index (χ1) is 4.95. The Morgan fingerprint density at radius 2 is 1.91 bits per heavy atom. The Hall–Kier alpha value is -0.0800. The smallest absolute Gasteiger partial charge is 0.0718 e. The molecule has 2 heteroatoms. The van der Waals surface area contributed by atoms with Gasteiger partial charge in [-0.15, -0.1) is 0 Å². The number of hydrogen-bond donors (Lipinski definition) is 1. The largest absolute Gasteiger partial charge is 0.389 e. The summed E-state index contributed by atoms with van der Waals surface area (Å²) in [5, 5.41) is 9.45. The fraction of sp³-hybridized carbons (Fsp3) is 1.00. The molecule has 0 aromatic rings. The topological polar surface area (TPSA) is 23.5 Å². The van der Waals surface area contributed by atoms with Gasteiger partial charge in [0, 0.05) is 6.54 Å². The van der Waals surface area contributed by atoms with Gasteiger partial charge in [-0.3, -0.25) is 0 Å². The Morgan fingerprint density at radius 1 is 1.36 bits per heavy atom. The van der Waals surface area contributed by atoms with Crippen molar-refractivity contribution in [3.05, 3.63) is 0 Å². The zero-order chi connectivity index (χ0) is 8.91. The van der Waals surface area contributed by atoms with Gasteiger partial charge in [0.1, 0.15) is 0 Å². The van der Waals surface area contributed by atoms with E-state index in [9.17, 15) is 5.11 Å². The maximum Gasteiger partial charge on any atom is 0.0718 e. The summed E-state index contributed by atoms with van der Waals surface area (Å²) in [6, 6.07) is 0. The fourth-order valence-electron chi connectivity index (χ4n) is 1.17. The summed E-state index contributed by atoms with van der Waals surface area (Å²) < 4.78 is 0. The Labute approximate surface area is 70.2 Å². The highest BCUT2D eigenvalue weighted by Gasteiger charge is 2.14. The first kappa shape index (κ1) is 10.9. The molecule has 0 rings (SSSR count). The van der Waals surface area contributed by atoms with E-state index in [4.69, 9.17) is 0 Å². The zero-order valence-electron chi connectivity index (χ0n) is 8.22. The number of unbranched alkanes of at least 4 members (excludes halogenated alkanes) is 1. The van der Waals surface area contributed by atoms with Crippen LogP contribution in [0.15, 0.2) is 0 Å². The van der Waals surface area contributed by atoms with E-state index in [1.807, 2.05) is 20.9 Å². The lowest BCUT2D eigenvalue weighted by Crippen LogP contribution is -2.36. The lowest BCUT2D eigenvalue weighted by Gasteiger charge is -2.25. The van der Waals surface area contributed by atoms with Crippen LogP contribution in [-0.2, 0) is 0 Å². The summed E-state index contributed by atoms with van der Waals surface area (Å²) in [6.07, 6.45) is 2.43. The van der Waals surface area contributed by atoms with E-state index in [2.05, 4.69) is 11.8 Å². The Kier molecular flexibility index (Phi) is 4.69. The fourth-order valence-corrected chi connectivity index (χ4v) is 1.17. The standard InChI is InChI=1S/C9H21NO/c1-5-6-7-10(4)8-9(2,3)11/h11H,5-8H2,1-4H3. The summed E-state index contributed by atoms with van der Waals surface area (Å²) in [7, 11) is 2.05. The predicted octanol–water partition coefficient (Wildman–Crippen LogP) is 1.49. The molecule has 2 nitrogen and oxygen atoms in total. The minimum atomic E-state index is -0.553. The van der Waals surface area contributed by atoms with E-state index in [1.54, 1.807) is 0 Å². The molecular formula is C9H21NO. The van der Waals surface area contributed by atoms with Crippen molar-refractivity contribution in [1.82, 2.24) is 4.90 Å². The van der Waals surface area contributed by atoms with Gasteiger partial charge in [0.2, 0.25) is 0 Å².